The summed E-state index contributed by atoms with van der Waals surface area (Å²) >= 11 is 4.49. The third-order valence-corrected chi connectivity index (χ3v) is 5.67. The highest BCUT2D eigenvalue weighted by molar-refractivity contribution is 7.82. The molecule has 15 heavy (non-hydrogen) atoms. The van der Waals surface area contributed by atoms with Gasteiger partial charge < -0.3 is 18.7 Å². The molecule has 1 saturated heterocycles. The van der Waals surface area contributed by atoms with E-state index in [0.29, 0.717) is 13.0 Å². The maximum Gasteiger partial charge on any atom is 0.337 e. The van der Waals surface area contributed by atoms with Crippen LogP contribution in [0.1, 0.15) is 19.8 Å². The first-order valence-corrected chi connectivity index (χ1v) is 7.52. The molecule has 0 aromatic heterocycles. The lowest BCUT2D eigenvalue weighted by Gasteiger charge is -2.29. The molecule has 90 valence electrons. The van der Waals surface area contributed by atoms with Crippen LogP contribution in [0, 0.1) is 0 Å². The van der Waals surface area contributed by atoms with Crippen molar-refractivity contribution in [1.29, 1.82) is 0 Å². The third kappa shape index (κ3) is 4.84. The first-order valence-electron chi connectivity index (χ1n) is 5.39. The quantitative estimate of drug-likeness (QED) is 0.405. The molecule has 1 heterocycles. The van der Waals surface area contributed by atoms with Crippen molar-refractivity contribution in [3.63, 3.8) is 0 Å². The van der Waals surface area contributed by atoms with Gasteiger partial charge in [-0.05, 0) is 19.8 Å². The summed E-state index contributed by atoms with van der Waals surface area (Å²) in [6.45, 7) is 4.28. The lowest BCUT2D eigenvalue weighted by Crippen LogP contribution is -2.44. The van der Waals surface area contributed by atoms with E-state index in [1.807, 2.05) is 6.92 Å². The summed E-state index contributed by atoms with van der Waals surface area (Å²) in [7, 11) is -1.65. The second-order valence-electron chi connectivity index (χ2n) is 3.61. The number of hydrogen-bond acceptors (Lipinski definition) is 5. The minimum absolute atomic E-state index is 0.0228. The molecule has 1 rings (SSSR count). The molecule has 0 saturated carbocycles. The van der Waals surface area contributed by atoms with Gasteiger partial charge in [-0.1, -0.05) is 0 Å². The highest BCUT2D eigenvalue weighted by Crippen LogP contribution is 2.15. The average Bonchev–Trinajstić information content (AvgIpc) is 2.29. The molecule has 0 radical (unpaired) electrons. The lowest BCUT2D eigenvalue weighted by atomic mass is 10.4. The molecule has 6 heteroatoms. The number of rotatable bonds is 6. The predicted molar refractivity (Wildman–Crippen MR) is 63.6 cm³/mol. The van der Waals surface area contributed by atoms with Gasteiger partial charge in [0.1, 0.15) is 0 Å². The molecule has 1 aliphatic rings. The van der Waals surface area contributed by atoms with Gasteiger partial charge in [0, 0.05) is 26.4 Å². The van der Waals surface area contributed by atoms with E-state index in [-0.39, 0.29) is 17.6 Å². The van der Waals surface area contributed by atoms with E-state index in [0.717, 1.165) is 19.6 Å². The Morgan fingerprint density at radius 3 is 2.73 bits per heavy atom. The predicted octanol–water partition coefficient (Wildman–Crippen LogP) is 0.269. The minimum Gasteiger partial charge on any atom is -0.396 e. The smallest absolute Gasteiger partial charge is 0.337 e. The van der Waals surface area contributed by atoms with Crippen LogP contribution in [-0.2, 0) is 13.6 Å². The van der Waals surface area contributed by atoms with E-state index in [9.17, 15) is 0 Å². The van der Waals surface area contributed by atoms with Crippen LogP contribution in [0.2, 0.25) is 0 Å². The van der Waals surface area contributed by atoms with E-state index in [1.165, 1.54) is 0 Å². The number of thiol groups is 1. The van der Waals surface area contributed by atoms with Crippen LogP contribution in [0.5, 0.6) is 0 Å². The Kier molecular flexibility index (Phi) is 6.86. The zero-order chi connectivity index (χ0) is 11.1. The van der Waals surface area contributed by atoms with E-state index < -0.39 is 9.28 Å². The van der Waals surface area contributed by atoms with Crippen LogP contribution in [0.25, 0.3) is 0 Å². The summed E-state index contributed by atoms with van der Waals surface area (Å²) in [5.41, 5.74) is 0. The topological polar surface area (TPSA) is 47.9 Å². The normalized spacial score (nSPS) is 22.6. The fourth-order valence-electron chi connectivity index (χ4n) is 1.36. The summed E-state index contributed by atoms with van der Waals surface area (Å²) in [6.07, 6.45) is 1.66. The lowest BCUT2D eigenvalue weighted by molar-refractivity contribution is 0.0510. The Balaban J connectivity index is 2.21. The van der Waals surface area contributed by atoms with Crippen LogP contribution in [0.3, 0.4) is 0 Å². The molecule has 0 aromatic rings. The molecule has 1 aliphatic heterocycles. The van der Waals surface area contributed by atoms with Crippen LogP contribution in [-0.4, -0.2) is 51.8 Å². The molecule has 2 atom stereocenters. The second kappa shape index (κ2) is 7.64. The molecular weight excluding hydrogens is 232 g/mol. The van der Waals surface area contributed by atoms with Crippen molar-refractivity contribution < 1.29 is 18.7 Å². The Morgan fingerprint density at radius 1 is 1.47 bits per heavy atom. The van der Waals surface area contributed by atoms with Gasteiger partial charge in [0.25, 0.3) is 0 Å². The minimum atomic E-state index is -1.65. The van der Waals surface area contributed by atoms with Gasteiger partial charge in [-0.3, -0.25) is 0 Å². The number of ether oxygens (including phenoxy) is 1. The zero-order valence-electron chi connectivity index (χ0n) is 9.09. The van der Waals surface area contributed by atoms with Gasteiger partial charge in [0.15, 0.2) is 0 Å². The number of hydrogen-bond donors (Lipinski definition) is 2. The van der Waals surface area contributed by atoms with E-state index >= 15 is 0 Å². The van der Waals surface area contributed by atoms with Crippen LogP contribution in [0.4, 0.5) is 0 Å². The van der Waals surface area contributed by atoms with E-state index in [2.05, 4.69) is 12.6 Å². The van der Waals surface area contributed by atoms with Crippen molar-refractivity contribution in [2.24, 2.45) is 0 Å². The molecule has 0 bridgehead atoms. The molecule has 0 spiro atoms. The summed E-state index contributed by atoms with van der Waals surface area (Å²) in [5.74, 6) is 0. The van der Waals surface area contributed by atoms with Gasteiger partial charge in [-0.15, -0.1) is 0 Å². The van der Waals surface area contributed by atoms with Crippen LogP contribution >= 0.6 is 12.6 Å². The summed E-state index contributed by atoms with van der Waals surface area (Å²) in [5, 5.41) is 8.63. The number of aliphatic hydroxyl groups is 1. The third-order valence-electron chi connectivity index (χ3n) is 2.30. The Labute approximate surface area is 98.2 Å². The summed E-state index contributed by atoms with van der Waals surface area (Å²) in [4.78, 5) is 0.0593. The highest BCUT2D eigenvalue weighted by atomic mass is 32.1. The molecule has 0 aromatic carbocycles. The average molecular weight is 252 g/mol. The summed E-state index contributed by atoms with van der Waals surface area (Å²) in [6, 6.07) is 0. The van der Waals surface area contributed by atoms with Gasteiger partial charge in [0.05, 0.1) is 11.0 Å². The van der Waals surface area contributed by atoms with Crippen LogP contribution in [0.15, 0.2) is 0 Å². The maximum absolute atomic E-state index is 8.63. The van der Waals surface area contributed by atoms with Crippen LogP contribution < -0.4 is 0 Å². The van der Waals surface area contributed by atoms with Gasteiger partial charge in [0.2, 0.25) is 0 Å². The first kappa shape index (κ1) is 13.5. The fraction of sp³-hybridized carbons (Fsp3) is 1.00. The van der Waals surface area contributed by atoms with Crippen molar-refractivity contribution >= 4 is 21.9 Å². The van der Waals surface area contributed by atoms with Gasteiger partial charge in [-0.2, -0.15) is 12.6 Å². The Morgan fingerprint density at radius 2 is 2.13 bits per heavy atom. The van der Waals surface area contributed by atoms with Crippen molar-refractivity contribution in [2.45, 2.75) is 30.7 Å². The number of aliphatic hydroxyl groups excluding tert-OH is 1. The van der Waals surface area contributed by atoms with Crippen molar-refractivity contribution in [1.82, 2.24) is 0 Å². The largest absolute Gasteiger partial charge is 0.396 e. The molecule has 0 amide bonds. The van der Waals surface area contributed by atoms with E-state index in [4.69, 9.17) is 18.7 Å². The summed E-state index contributed by atoms with van der Waals surface area (Å²) < 4.78 is 16.7. The second-order valence-corrected chi connectivity index (χ2v) is 6.89. The molecular formula is C9H20O4SSi. The van der Waals surface area contributed by atoms with Gasteiger partial charge in [-0.25, -0.2) is 0 Å². The standard InChI is InChI=1S/C9H20O4SSi/c1-8(11-5-2-4-10)9(14)15-12-6-3-7-13-15/h8-10,14-15H,2-7H2,1H3. The van der Waals surface area contributed by atoms with Gasteiger partial charge >= 0.3 is 9.28 Å². The molecule has 2 unspecified atom stereocenters. The van der Waals surface area contributed by atoms with Crippen molar-refractivity contribution in [2.75, 3.05) is 26.4 Å². The Bertz CT molecular complexity index is 166. The highest BCUT2D eigenvalue weighted by Gasteiger charge is 2.30. The molecule has 4 nitrogen and oxygen atoms in total. The Hall–Kier alpha value is 0.407. The van der Waals surface area contributed by atoms with E-state index in [1.54, 1.807) is 0 Å². The SMILES string of the molecule is CC(OCCCO)C(S)[SiH]1OCCCO1. The van der Waals surface area contributed by atoms with Crippen molar-refractivity contribution in [3.8, 4) is 0 Å². The molecule has 1 N–H and O–H groups in total. The molecule has 0 aliphatic carbocycles. The fourth-order valence-corrected chi connectivity index (χ4v) is 3.80. The molecule has 1 fully saturated rings. The van der Waals surface area contributed by atoms with Crippen molar-refractivity contribution in [3.05, 3.63) is 0 Å². The zero-order valence-corrected chi connectivity index (χ0v) is 11.1. The monoisotopic (exact) mass is 252 g/mol. The first-order chi connectivity index (χ1) is 7.25. The maximum atomic E-state index is 8.63.